The summed E-state index contributed by atoms with van der Waals surface area (Å²) in [5, 5.41) is 0. The Balaban J connectivity index is 2.01. The van der Waals surface area contributed by atoms with Gasteiger partial charge in [0.2, 0.25) is 0 Å². The van der Waals surface area contributed by atoms with E-state index in [-0.39, 0.29) is 11.7 Å². The molecular formula is C15H22N2O. The lowest BCUT2D eigenvalue weighted by atomic mass is 9.94. The highest BCUT2D eigenvalue weighted by atomic mass is 16.1. The number of hydrogen-bond acceptors (Lipinski definition) is 3. The van der Waals surface area contributed by atoms with Crippen molar-refractivity contribution in [3.05, 3.63) is 35.9 Å². The molecule has 3 nitrogen and oxygen atoms in total. The second-order valence-electron chi connectivity index (χ2n) is 5.18. The van der Waals surface area contributed by atoms with Gasteiger partial charge in [-0.05, 0) is 19.5 Å². The van der Waals surface area contributed by atoms with Crippen LogP contribution in [0.2, 0.25) is 0 Å². The van der Waals surface area contributed by atoms with Crippen LogP contribution in [0, 0.1) is 0 Å². The summed E-state index contributed by atoms with van der Waals surface area (Å²) in [6.45, 7) is 6.87. The van der Waals surface area contributed by atoms with Gasteiger partial charge >= 0.3 is 0 Å². The van der Waals surface area contributed by atoms with Crippen LogP contribution in [0.5, 0.6) is 0 Å². The molecule has 1 aliphatic heterocycles. The quantitative estimate of drug-likeness (QED) is 0.806. The Bertz CT molecular complexity index is 383. The molecule has 18 heavy (non-hydrogen) atoms. The van der Waals surface area contributed by atoms with Crippen LogP contribution < -0.4 is 0 Å². The van der Waals surface area contributed by atoms with Crippen molar-refractivity contribution in [3.63, 3.8) is 0 Å². The molecule has 98 valence electrons. The third kappa shape index (κ3) is 3.40. The number of piperazine rings is 1. The lowest BCUT2D eigenvalue weighted by Gasteiger charge is -2.34. The molecule has 0 amide bonds. The van der Waals surface area contributed by atoms with Crippen molar-refractivity contribution in [2.45, 2.75) is 12.8 Å². The fraction of sp³-hybridized carbons (Fsp3) is 0.533. The summed E-state index contributed by atoms with van der Waals surface area (Å²) in [7, 11) is 2.15. The summed E-state index contributed by atoms with van der Waals surface area (Å²) in [5.74, 6) is 0.287. The Labute approximate surface area is 109 Å². The van der Waals surface area contributed by atoms with Gasteiger partial charge in [0.15, 0.2) is 0 Å². The number of hydrogen-bond donors (Lipinski definition) is 0. The largest absolute Gasteiger partial charge is 0.304 e. The van der Waals surface area contributed by atoms with Crippen molar-refractivity contribution in [2.75, 3.05) is 39.8 Å². The lowest BCUT2D eigenvalue weighted by molar-refractivity contribution is -0.119. The molecule has 0 aliphatic carbocycles. The first-order valence-electron chi connectivity index (χ1n) is 6.63. The van der Waals surface area contributed by atoms with Gasteiger partial charge in [0.25, 0.3) is 0 Å². The standard InChI is InChI=1S/C15H22N2O/c1-13(18)15(14-6-4-3-5-7-14)12-17-10-8-16(2)9-11-17/h3-7,15H,8-12H2,1-2H3. The third-order valence-corrected chi connectivity index (χ3v) is 3.73. The van der Waals surface area contributed by atoms with Crippen LogP contribution in [0.1, 0.15) is 18.4 Å². The molecule has 1 aliphatic rings. The average Bonchev–Trinajstić information content (AvgIpc) is 2.38. The summed E-state index contributed by atoms with van der Waals surface area (Å²) in [6, 6.07) is 10.1. The van der Waals surface area contributed by atoms with Gasteiger partial charge in [-0.2, -0.15) is 0 Å². The van der Waals surface area contributed by atoms with Crippen molar-refractivity contribution in [3.8, 4) is 0 Å². The van der Waals surface area contributed by atoms with Crippen LogP contribution in [0.15, 0.2) is 30.3 Å². The third-order valence-electron chi connectivity index (χ3n) is 3.73. The number of Topliss-reactive ketones (excluding diaryl/α,β-unsaturated/α-hetero) is 1. The van der Waals surface area contributed by atoms with E-state index in [9.17, 15) is 4.79 Å². The van der Waals surface area contributed by atoms with E-state index in [1.807, 2.05) is 18.2 Å². The van der Waals surface area contributed by atoms with E-state index in [1.165, 1.54) is 0 Å². The molecule has 1 unspecified atom stereocenters. The molecule has 0 spiro atoms. The van der Waals surface area contributed by atoms with E-state index in [1.54, 1.807) is 6.92 Å². The van der Waals surface area contributed by atoms with Crippen LogP contribution in [0.3, 0.4) is 0 Å². The van der Waals surface area contributed by atoms with E-state index in [4.69, 9.17) is 0 Å². The molecule has 1 atom stereocenters. The molecule has 0 bridgehead atoms. The van der Waals surface area contributed by atoms with Crippen molar-refractivity contribution in [1.29, 1.82) is 0 Å². The molecule has 2 rings (SSSR count). The van der Waals surface area contributed by atoms with Crippen LogP contribution in [-0.4, -0.2) is 55.4 Å². The summed E-state index contributed by atoms with van der Waals surface area (Å²) in [5.41, 5.74) is 1.14. The molecule has 0 radical (unpaired) electrons. The first kappa shape index (κ1) is 13.2. The lowest BCUT2D eigenvalue weighted by Crippen LogP contribution is -2.46. The monoisotopic (exact) mass is 246 g/mol. The van der Waals surface area contributed by atoms with Crippen molar-refractivity contribution < 1.29 is 4.79 Å². The molecule has 1 fully saturated rings. The first-order valence-corrected chi connectivity index (χ1v) is 6.63. The van der Waals surface area contributed by atoms with Gasteiger partial charge < -0.3 is 4.90 Å². The highest BCUT2D eigenvalue weighted by Gasteiger charge is 2.22. The number of rotatable bonds is 4. The molecule has 0 aromatic heterocycles. The predicted molar refractivity (Wildman–Crippen MR) is 73.8 cm³/mol. The zero-order valence-electron chi connectivity index (χ0n) is 11.3. The molecular weight excluding hydrogens is 224 g/mol. The van der Waals surface area contributed by atoms with Gasteiger partial charge in [-0.15, -0.1) is 0 Å². The highest BCUT2D eigenvalue weighted by Crippen LogP contribution is 2.18. The average molecular weight is 246 g/mol. The number of benzene rings is 1. The molecule has 1 heterocycles. The van der Waals surface area contributed by atoms with Gasteiger partial charge in [0.05, 0.1) is 5.92 Å². The molecule has 1 aromatic rings. The fourth-order valence-corrected chi connectivity index (χ4v) is 2.44. The Hall–Kier alpha value is -1.19. The van der Waals surface area contributed by atoms with Gasteiger partial charge in [-0.3, -0.25) is 9.69 Å². The van der Waals surface area contributed by atoms with E-state index >= 15 is 0 Å². The fourth-order valence-electron chi connectivity index (χ4n) is 2.44. The first-order chi connectivity index (χ1) is 8.66. The van der Waals surface area contributed by atoms with E-state index in [0.717, 1.165) is 38.3 Å². The van der Waals surface area contributed by atoms with Crippen molar-refractivity contribution >= 4 is 5.78 Å². The van der Waals surface area contributed by atoms with E-state index < -0.39 is 0 Å². The number of ketones is 1. The number of likely N-dealkylation sites (N-methyl/N-ethyl adjacent to an activating group) is 1. The van der Waals surface area contributed by atoms with Crippen LogP contribution >= 0.6 is 0 Å². The topological polar surface area (TPSA) is 23.6 Å². The van der Waals surface area contributed by atoms with E-state index in [0.29, 0.717) is 0 Å². The predicted octanol–water partition coefficient (Wildman–Crippen LogP) is 1.61. The minimum atomic E-state index is 0.0228. The smallest absolute Gasteiger partial charge is 0.138 e. The zero-order chi connectivity index (χ0) is 13.0. The number of carbonyl (C=O) groups excluding carboxylic acids is 1. The van der Waals surface area contributed by atoms with Gasteiger partial charge in [-0.1, -0.05) is 30.3 Å². The van der Waals surface area contributed by atoms with Gasteiger partial charge in [-0.25, -0.2) is 0 Å². The maximum Gasteiger partial charge on any atom is 0.138 e. The molecule has 0 saturated carbocycles. The summed E-state index contributed by atoms with van der Waals surface area (Å²) in [4.78, 5) is 16.6. The summed E-state index contributed by atoms with van der Waals surface area (Å²) < 4.78 is 0. The maximum absolute atomic E-state index is 11.8. The Morgan fingerprint density at radius 3 is 2.33 bits per heavy atom. The molecule has 1 saturated heterocycles. The number of nitrogens with zero attached hydrogens (tertiary/aromatic N) is 2. The number of carbonyl (C=O) groups is 1. The zero-order valence-corrected chi connectivity index (χ0v) is 11.3. The van der Waals surface area contributed by atoms with Crippen LogP contribution in [0.4, 0.5) is 0 Å². The van der Waals surface area contributed by atoms with Crippen LogP contribution in [-0.2, 0) is 4.79 Å². The van der Waals surface area contributed by atoms with Crippen molar-refractivity contribution in [2.24, 2.45) is 0 Å². The minimum absolute atomic E-state index is 0.0228. The van der Waals surface area contributed by atoms with Crippen LogP contribution in [0.25, 0.3) is 0 Å². The molecule has 1 aromatic carbocycles. The van der Waals surface area contributed by atoms with E-state index in [2.05, 4.69) is 29.0 Å². The minimum Gasteiger partial charge on any atom is -0.304 e. The summed E-state index contributed by atoms with van der Waals surface area (Å²) in [6.07, 6.45) is 0. The highest BCUT2D eigenvalue weighted by molar-refractivity contribution is 5.83. The Kier molecular flexibility index (Phi) is 4.50. The molecule has 3 heteroatoms. The Morgan fingerprint density at radius 1 is 1.17 bits per heavy atom. The van der Waals surface area contributed by atoms with Gasteiger partial charge in [0, 0.05) is 32.7 Å². The second kappa shape index (κ2) is 6.12. The second-order valence-corrected chi connectivity index (χ2v) is 5.18. The normalized spacial score (nSPS) is 19.7. The summed E-state index contributed by atoms with van der Waals surface area (Å²) >= 11 is 0. The maximum atomic E-state index is 11.8. The SMILES string of the molecule is CC(=O)C(CN1CCN(C)CC1)c1ccccc1. The van der Waals surface area contributed by atoms with Crippen molar-refractivity contribution in [1.82, 2.24) is 9.80 Å². The molecule has 0 N–H and O–H groups in total. The Morgan fingerprint density at radius 2 is 1.78 bits per heavy atom. The van der Waals surface area contributed by atoms with Gasteiger partial charge in [0.1, 0.15) is 5.78 Å².